The number of aromatic nitrogens is 3. The van der Waals surface area contributed by atoms with Crippen molar-refractivity contribution in [3.63, 3.8) is 0 Å². The lowest BCUT2D eigenvalue weighted by Crippen LogP contribution is -2.35. The summed E-state index contributed by atoms with van der Waals surface area (Å²) in [4.78, 5) is 3.89. The second-order valence-electron chi connectivity index (χ2n) is 5.61. The Balaban J connectivity index is 1.96. The highest BCUT2D eigenvalue weighted by atomic mass is 35.5. The molecule has 7 nitrogen and oxygen atoms in total. The van der Waals surface area contributed by atoms with E-state index in [2.05, 4.69) is 10.1 Å². The van der Waals surface area contributed by atoms with Gasteiger partial charge in [0, 0.05) is 16.8 Å². The van der Waals surface area contributed by atoms with E-state index in [1.807, 2.05) is 0 Å². The van der Waals surface area contributed by atoms with Crippen molar-refractivity contribution in [3.05, 3.63) is 46.5 Å². The minimum Gasteiger partial charge on any atom is -0.342 e. The number of ether oxygens (including phenoxy) is 2. The molecule has 24 heavy (non-hydrogen) atoms. The van der Waals surface area contributed by atoms with Gasteiger partial charge in [0.1, 0.15) is 29.0 Å². The van der Waals surface area contributed by atoms with Gasteiger partial charge in [-0.1, -0.05) is 29.3 Å². The molecule has 0 saturated carbocycles. The van der Waals surface area contributed by atoms with E-state index in [9.17, 15) is 8.42 Å². The highest BCUT2D eigenvalue weighted by molar-refractivity contribution is 7.90. The maximum atomic E-state index is 11.6. The van der Waals surface area contributed by atoms with E-state index in [0.717, 1.165) is 6.26 Å². The lowest BCUT2D eigenvalue weighted by atomic mass is 10.1. The van der Waals surface area contributed by atoms with Crippen LogP contribution in [0.2, 0.25) is 10.0 Å². The zero-order chi connectivity index (χ0) is 17.4. The van der Waals surface area contributed by atoms with Gasteiger partial charge in [-0.3, -0.25) is 0 Å². The fourth-order valence-corrected chi connectivity index (χ4v) is 4.01. The summed E-state index contributed by atoms with van der Waals surface area (Å²) in [7, 11) is -3.21. The molecule has 1 aromatic carbocycles. The Labute approximate surface area is 149 Å². The van der Waals surface area contributed by atoms with Gasteiger partial charge >= 0.3 is 0 Å². The lowest BCUT2D eigenvalue weighted by molar-refractivity contribution is -0.186. The second kappa shape index (κ2) is 6.61. The summed E-state index contributed by atoms with van der Waals surface area (Å²) in [6, 6.07) is 4.95. The molecule has 3 rings (SSSR count). The molecular weight excluding hydrogens is 377 g/mol. The van der Waals surface area contributed by atoms with E-state index in [1.165, 1.54) is 17.3 Å². The normalized spacial score (nSPS) is 24.4. The number of sulfone groups is 1. The van der Waals surface area contributed by atoms with Crippen LogP contribution in [0.5, 0.6) is 0 Å². The summed E-state index contributed by atoms with van der Waals surface area (Å²) in [6.45, 7) is 0.301. The third kappa shape index (κ3) is 3.89. The molecule has 1 fully saturated rings. The average molecular weight is 392 g/mol. The van der Waals surface area contributed by atoms with Gasteiger partial charge in [0.05, 0.1) is 23.5 Å². The van der Waals surface area contributed by atoms with Crippen LogP contribution in [0.4, 0.5) is 0 Å². The molecule has 0 amide bonds. The monoisotopic (exact) mass is 391 g/mol. The molecule has 2 unspecified atom stereocenters. The van der Waals surface area contributed by atoms with Crippen molar-refractivity contribution < 1.29 is 17.9 Å². The maximum Gasteiger partial charge on any atom is 0.217 e. The smallest absolute Gasteiger partial charge is 0.217 e. The van der Waals surface area contributed by atoms with Gasteiger partial charge in [-0.05, 0) is 12.1 Å². The largest absolute Gasteiger partial charge is 0.342 e. The van der Waals surface area contributed by atoms with Crippen LogP contribution in [0.25, 0.3) is 0 Å². The maximum absolute atomic E-state index is 11.6. The first-order chi connectivity index (χ1) is 11.3. The fraction of sp³-hybridized carbons (Fsp3) is 0.429. The van der Waals surface area contributed by atoms with Crippen LogP contribution in [0, 0.1) is 0 Å². The van der Waals surface area contributed by atoms with Crippen molar-refractivity contribution in [1.29, 1.82) is 0 Å². The summed E-state index contributed by atoms with van der Waals surface area (Å²) < 4.78 is 36.5. The first kappa shape index (κ1) is 17.6. The number of benzene rings is 1. The van der Waals surface area contributed by atoms with Crippen molar-refractivity contribution in [2.45, 2.75) is 18.4 Å². The molecule has 130 valence electrons. The third-order valence-corrected chi connectivity index (χ3v) is 5.05. The minimum atomic E-state index is -3.21. The van der Waals surface area contributed by atoms with E-state index in [-0.39, 0.29) is 18.9 Å². The Hall–Kier alpha value is -1.19. The second-order valence-corrected chi connectivity index (χ2v) is 8.64. The van der Waals surface area contributed by atoms with Crippen LogP contribution in [-0.4, -0.2) is 47.9 Å². The van der Waals surface area contributed by atoms with Gasteiger partial charge in [-0.2, -0.15) is 5.10 Å². The van der Waals surface area contributed by atoms with Crippen LogP contribution in [-0.2, 0) is 31.6 Å². The van der Waals surface area contributed by atoms with E-state index in [0.29, 0.717) is 15.6 Å². The van der Waals surface area contributed by atoms with Crippen molar-refractivity contribution in [3.8, 4) is 0 Å². The Morgan fingerprint density at radius 3 is 2.83 bits per heavy atom. The SMILES string of the molecule is CS(=O)(=O)CC1COC(Cn2cncn2)(c2ccc(Cl)cc2Cl)O1. The van der Waals surface area contributed by atoms with E-state index < -0.39 is 21.7 Å². The molecule has 1 aromatic heterocycles. The van der Waals surface area contributed by atoms with Gasteiger partial charge < -0.3 is 9.47 Å². The fourth-order valence-electron chi connectivity index (χ4n) is 2.62. The molecule has 2 aromatic rings. The number of hydrogen-bond donors (Lipinski definition) is 0. The standard InChI is InChI=1S/C14H15Cl2N3O4S/c1-24(20,21)6-11-5-22-14(23-11,7-19-9-17-8-18-19)12-3-2-10(15)4-13(12)16/h2-4,8-9,11H,5-7H2,1H3. The number of halogens is 2. The molecule has 0 N–H and O–H groups in total. The van der Waals surface area contributed by atoms with E-state index in [1.54, 1.807) is 18.2 Å². The lowest BCUT2D eigenvalue weighted by Gasteiger charge is -2.29. The highest BCUT2D eigenvalue weighted by Crippen LogP contribution is 2.40. The summed E-state index contributed by atoms with van der Waals surface area (Å²) in [5.41, 5.74) is 0.556. The summed E-state index contributed by atoms with van der Waals surface area (Å²) in [5.74, 6) is -1.40. The molecule has 1 aliphatic rings. The molecule has 2 atom stereocenters. The Morgan fingerprint density at radius 1 is 1.42 bits per heavy atom. The molecule has 1 saturated heterocycles. The number of rotatable bonds is 5. The van der Waals surface area contributed by atoms with Gasteiger partial charge in [-0.25, -0.2) is 18.1 Å². The Kier molecular flexibility index (Phi) is 4.85. The molecule has 0 radical (unpaired) electrons. The summed E-state index contributed by atoms with van der Waals surface area (Å²) in [6.07, 6.45) is 3.46. The van der Waals surface area contributed by atoms with Gasteiger partial charge in [0.15, 0.2) is 0 Å². The Morgan fingerprint density at radius 2 is 2.21 bits per heavy atom. The van der Waals surface area contributed by atoms with Gasteiger partial charge in [0.25, 0.3) is 0 Å². The molecule has 1 aliphatic heterocycles. The van der Waals surface area contributed by atoms with E-state index in [4.69, 9.17) is 32.7 Å². The summed E-state index contributed by atoms with van der Waals surface area (Å²) in [5, 5.41) is 4.90. The van der Waals surface area contributed by atoms with Crippen LogP contribution in [0.15, 0.2) is 30.9 Å². The quantitative estimate of drug-likeness (QED) is 0.773. The molecule has 2 heterocycles. The molecule has 0 aliphatic carbocycles. The molecule has 10 heteroatoms. The number of nitrogens with zero attached hydrogens (tertiary/aromatic N) is 3. The van der Waals surface area contributed by atoms with Gasteiger partial charge in [-0.15, -0.1) is 0 Å². The van der Waals surface area contributed by atoms with Crippen molar-refractivity contribution >= 4 is 33.0 Å². The zero-order valence-electron chi connectivity index (χ0n) is 12.7. The van der Waals surface area contributed by atoms with Crippen LogP contribution >= 0.6 is 23.2 Å². The Bertz CT molecular complexity index is 829. The summed E-state index contributed by atoms with van der Waals surface area (Å²) >= 11 is 12.3. The molecule has 0 spiro atoms. The first-order valence-corrected chi connectivity index (χ1v) is 9.86. The first-order valence-electron chi connectivity index (χ1n) is 7.05. The predicted octanol–water partition coefficient (Wildman–Crippen LogP) is 1.90. The molecular formula is C14H15Cl2N3O4S. The van der Waals surface area contributed by atoms with Crippen LogP contribution in [0.3, 0.4) is 0 Å². The minimum absolute atomic E-state index is 0.126. The average Bonchev–Trinajstić information content (AvgIpc) is 3.08. The van der Waals surface area contributed by atoms with Crippen molar-refractivity contribution in [2.24, 2.45) is 0 Å². The van der Waals surface area contributed by atoms with Crippen molar-refractivity contribution in [2.75, 3.05) is 18.6 Å². The van der Waals surface area contributed by atoms with Crippen LogP contribution < -0.4 is 0 Å². The number of hydrogen-bond acceptors (Lipinski definition) is 6. The third-order valence-electron chi connectivity index (χ3n) is 3.53. The van der Waals surface area contributed by atoms with Gasteiger partial charge in [0.2, 0.25) is 5.79 Å². The zero-order valence-corrected chi connectivity index (χ0v) is 15.1. The van der Waals surface area contributed by atoms with Crippen molar-refractivity contribution in [1.82, 2.24) is 14.8 Å². The highest BCUT2D eigenvalue weighted by Gasteiger charge is 2.46. The van der Waals surface area contributed by atoms with Crippen LogP contribution in [0.1, 0.15) is 5.56 Å². The van der Waals surface area contributed by atoms with E-state index >= 15 is 0 Å². The predicted molar refractivity (Wildman–Crippen MR) is 88.7 cm³/mol. The topological polar surface area (TPSA) is 83.3 Å². The molecule has 0 bridgehead atoms.